The second-order valence-corrected chi connectivity index (χ2v) is 4.67. The molecule has 2 unspecified atom stereocenters. The fraction of sp³-hybridized carbons (Fsp3) is 0.467. The molecule has 0 aromatic heterocycles. The van der Waals surface area contributed by atoms with Crippen LogP contribution in [0.1, 0.15) is 43.5 Å². The van der Waals surface area contributed by atoms with Gasteiger partial charge in [-0.15, -0.1) is 0 Å². The summed E-state index contributed by atoms with van der Waals surface area (Å²) in [4.78, 5) is 22.8. The van der Waals surface area contributed by atoms with E-state index in [0.29, 0.717) is 5.56 Å². The quantitative estimate of drug-likeness (QED) is 0.768. The van der Waals surface area contributed by atoms with Gasteiger partial charge in [0.1, 0.15) is 6.10 Å². The van der Waals surface area contributed by atoms with Gasteiger partial charge in [-0.3, -0.25) is 4.79 Å². The van der Waals surface area contributed by atoms with Crippen LogP contribution in [-0.4, -0.2) is 23.1 Å². The van der Waals surface area contributed by atoms with Gasteiger partial charge in [0.25, 0.3) is 0 Å². The maximum Gasteiger partial charge on any atom is 0.338 e. The van der Waals surface area contributed by atoms with Crippen molar-refractivity contribution in [3.63, 3.8) is 0 Å². The molecule has 1 N–H and O–H groups in total. The highest BCUT2D eigenvalue weighted by atomic mass is 16.5. The number of carbonyl (C=O) groups is 2. The molecular weight excluding hydrogens is 244 g/mol. The Labute approximate surface area is 113 Å². The maximum absolute atomic E-state index is 11.9. The summed E-state index contributed by atoms with van der Waals surface area (Å²) in [5.74, 6) is -1.38. The summed E-state index contributed by atoms with van der Waals surface area (Å²) < 4.78 is 5.34. The first-order chi connectivity index (χ1) is 9.04. The lowest BCUT2D eigenvalue weighted by atomic mass is 9.97. The van der Waals surface area contributed by atoms with Crippen molar-refractivity contribution < 1.29 is 19.4 Å². The molecule has 104 valence electrons. The van der Waals surface area contributed by atoms with Crippen molar-refractivity contribution in [1.29, 1.82) is 0 Å². The lowest BCUT2D eigenvalue weighted by Gasteiger charge is -2.22. The number of rotatable bonds is 7. The first kappa shape index (κ1) is 15.2. The number of esters is 1. The largest absolute Gasteiger partial charge is 0.481 e. The third kappa shape index (κ3) is 5.12. The lowest BCUT2D eigenvalue weighted by molar-refractivity contribution is -0.140. The molecule has 1 aromatic rings. The van der Waals surface area contributed by atoms with Crippen molar-refractivity contribution in [2.75, 3.05) is 0 Å². The molecule has 0 fully saturated rings. The van der Waals surface area contributed by atoms with E-state index in [9.17, 15) is 9.59 Å². The van der Waals surface area contributed by atoms with E-state index in [4.69, 9.17) is 9.84 Å². The number of carboxylic acid groups (broad SMARTS) is 1. The molecule has 4 nitrogen and oxygen atoms in total. The molecule has 0 amide bonds. The fourth-order valence-electron chi connectivity index (χ4n) is 1.95. The van der Waals surface area contributed by atoms with Crippen LogP contribution in [0.4, 0.5) is 0 Å². The Kier molecular flexibility index (Phi) is 6.06. The molecule has 0 spiro atoms. The summed E-state index contributed by atoms with van der Waals surface area (Å²) in [5.41, 5.74) is 0.446. The van der Waals surface area contributed by atoms with Crippen molar-refractivity contribution in [3.05, 3.63) is 35.9 Å². The van der Waals surface area contributed by atoms with E-state index >= 15 is 0 Å². The van der Waals surface area contributed by atoms with Crippen molar-refractivity contribution >= 4 is 11.9 Å². The zero-order valence-corrected chi connectivity index (χ0v) is 11.3. The van der Waals surface area contributed by atoms with Crippen LogP contribution in [0.2, 0.25) is 0 Å². The van der Waals surface area contributed by atoms with Gasteiger partial charge >= 0.3 is 11.9 Å². The molecule has 0 aliphatic carbocycles. The first-order valence-electron chi connectivity index (χ1n) is 6.52. The normalized spacial score (nSPS) is 13.6. The molecule has 2 atom stereocenters. The van der Waals surface area contributed by atoms with Crippen LogP contribution < -0.4 is 0 Å². The number of carbonyl (C=O) groups excluding carboxylic acids is 1. The zero-order chi connectivity index (χ0) is 14.3. The predicted octanol–water partition coefficient (Wildman–Crippen LogP) is 3.12. The van der Waals surface area contributed by atoms with Crippen molar-refractivity contribution in [3.8, 4) is 0 Å². The molecule has 0 radical (unpaired) electrons. The molecule has 19 heavy (non-hydrogen) atoms. The highest BCUT2D eigenvalue weighted by Gasteiger charge is 2.24. The predicted molar refractivity (Wildman–Crippen MR) is 72.0 cm³/mol. The van der Waals surface area contributed by atoms with Crippen LogP contribution in [0.3, 0.4) is 0 Å². The highest BCUT2D eigenvalue weighted by molar-refractivity contribution is 5.89. The van der Waals surface area contributed by atoms with Gasteiger partial charge in [-0.05, 0) is 24.5 Å². The minimum Gasteiger partial charge on any atom is -0.481 e. The minimum absolute atomic E-state index is 0.0359. The van der Waals surface area contributed by atoms with Gasteiger partial charge in [0.05, 0.1) is 12.0 Å². The molecule has 0 aliphatic heterocycles. The summed E-state index contributed by atoms with van der Waals surface area (Å²) in [6, 6.07) is 8.62. The summed E-state index contributed by atoms with van der Waals surface area (Å²) in [6.07, 6.45) is 1.03. The molecule has 0 aliphatic rings. The third-order valence-corrected chi connectivity index (χ3v) is 3.02. The monoisotopic (exact) mass is 264 g/mol. The molecule has 1 aromatic carbocycles. The van der Waals surface area contributed by atoms with Gasteiger partial charge in [-0.2, -0.15) is 0 Å². The van der Waals surface area contributed by atoms with E-state index < -0.39 is 18.0 Å². The first-order valence-corrected chi connectivity index (χ1v) is 6.52. The van der Waals surface area contributed by atoms with E-state index in [0.717, 1.165) is 12.8 Å². The summed E-state index contributed by atoms with van der Waals surface area (Å²) in [6.45, 7) is 3.93. The zero-order valence-electron chi connectivity index (χ0n) is 11.3. The SMILES string of the molecule is CCCC(C)C(CC(=O)O)OC(=O)c1ccccc1. The van der Waals surface area contributed by atoms with Gasteiger partial charge in [0.15, 0.2) is 0 Å². The molecule has 0 bridgehead atoms. The Hall–Kier alpha value is -1.84. The number of carboxylic acids is 1. The molecule has 1 rings (SSSR count). The van der Waals surface area contributed by atoms with Crippen LogP contribution in [0.15, 0.2) is 30.3 Å². The van der Waals surface area contributed by atoms with Crippen LogP contribution in [-0.2, 0) is 9.53 Å². The Morgan fingerprint density at radius 3 is 2.42 bits per heavy atom. The highest BCUT2D eigenvalue weighted by Crippen LogP contribution is 2.19. The van der Waals surface area contributed by atoms with Gasteiger partial charge in [-0.1, -0.05) is 38.5 Å². The van der Waals surface area contributed by atoms with Crippen molar-refractivity contribution in [2.24, 2.45) is 5.92 Å². The molecule has 0 saturated carbocycles. The summed E-state index contributed by atoms with van der Waals surface area (Å²) >= 11 is 0. The van der Waals surface area contributed by atoms with E-state index in [1.54, 1.807) is 24.3 Å². The Bertz CT molecular complexity index is 413. The van der Waals surface area contributed by atoms with Crippen LogP contribution in [0.5, 0.6) is 0 Å². The molecule has 4 heteroatoms. The van der Waals surface area contributed by atoms with Crippen LogP contribution in [0.25, 0.3) is 0 Å². The number of benzene rings is 1. The topological polar surface area (TPSA) is 63.6 Å². The van der Waals surface area contributed by atoms with Crippen LogP contribution >= 0.6 is 0 Å². The van der Waals surface area contributed by atoms with E-state index in [1.807, 2.05) is 19.9 Å². The standard InChI is InChI=1S/C15H20O4/c1-3-7-11(2)13(10-14(16)17)19-15(18)12-8-5-4-6-9-12/h4-6,8-9,11,13H,3,7,10H2,1-2H3,(H,16,17). The molecule has 0 heterocycles. The Balaban J connectivity index is 2.71. The average molecular weight is 264 g/mol. The Morgan fingerprint density at radius 2 is 1.89 bits per heavy atom. The van der Waals surface area contributed by atoms with E-state index in [2.05, 4.69) is 0 Å². The number of hydrogen-bond acceptors (Lipinski definition) is 3. The lowest BCUT2D eigenvalue weighted by Crippen LogP contribution is -2.28. The van der Waals surface area contributed by atoms with E-state index in [1.165, 1.54) is 0 Å². The second kappa shape index (κ2) is 7.56. The number of hydrogen-bond donors (Lipinski definition) is 1. The third-order valence-electron chi connectivity index (χ3n) is 3.02. The fourth-order valence-corrected chi connectivity index (χ4v) is 1.95. The van der Waals surface area contributed by atoms with E-state index in [-0.39, 0.29) is 12.3 Å². The van der Waals surface area contributed by atoms with Crippen LogP contribution in [0, 0.1) is 5.92 Å². The summed E-state index contributed by atoms with van der Waals surface area (Å²) in [7, 11) is 0. The smallest absolute Gasteiger partial charge is 0.338 e. The number of aliphatic carboxylic acids is 1. The average Bonchev–Trinajstić information content (AvgIpc) is 2.38. The van der Waals surface area contributed by atoms with Crippen molar-refractivity contribution in [1.82, 2.24) is 0 Å². The molecule has 0 saturated heterocycles. The summed E-state index contributed by atoms with van der Waals surface area (Å²) in [5, 5.41) is 8.89. The molecular formula is C15H20O4. The van der Waals surface area contributed by atoms with Gasteiger partial charge < -0.3 is 9.84 Å². The van der Waals surface area contributed by atoms with Crippen molar-refractivity contribution in [2.45, 2.75) is 39.2 Å². The second-order valence-electron chi connectivity index (χ2n) is 4.67. The Morgan fingerprint density at radius 1 is 1.26 bits per heavy atom. The van der Waals surface area contributed by atoms with Gasteiger partial charge in [0.2, 0.25) is 0 Å². The number of ether oxygens (including phenoxy) is 1. The minimum atomic E-state index is -0.950. The van der Waals surface area contributed by atoms with Gasteiger partial charge in [-0.25, -0.2) is 4.79 Å². The maximum atomic E-state index is 11.9. The van der Waals surface area contributed by atoms with Gasteiger partial charge in [0, 0.05) is 0 Å².